The van der Waals surface area contributed by atoms with Gasteiger partial charge in [-0.2, -0.15) is 0 Å². The molecular weight excluding hydrogens is 351 g/mol. The molecule has 1 atom stereocenters. The Bertz CT molecular complexity index is 952. The molecule has 2 aromatic heterocycles. The molecule has 0 aliphatic heterocycles. The SMILES string of the molecule is COC(=O)c1ccc(C(=O)NC(c2ccc(F)cc2)c2nccn2C)nc1. The molecule has 3 rings (SSSR count). The van der Waals surface area contributed by atoms with Crippen LogP contribution < -0.4 is 5.32 Å². The predicted molar refractivity (Wildman–Crippen MR) is 94.5 cm³/mol. The number of imidazole rings is 1. The molecule has 2 heterocycles. The lowest BCUT2D eigenvalue weighted by Crippen LogP contribution is -2.31. The lowest BCUT2D eigenvalue weighted by Gasteiger charge is -2.19. The summed E-state index contributed by atoms with van der Waals surface area (Å²) < 4.78 is 19.7. The Balaban J connectivity index is 1.88. The molecule has 1 N–H and O–H groups in total. The van der Waals surface area contributed by atoms with Crippen LogP contribution in [0, 0.1) is 5.82 Å². The number of aryl methyl sites for hydroxylation is 1. The van der Waals surface area contributed by atoms with E-state index in [4.69, 9.17) is 0 Å². The van der Waals surface area contributed by atoms with Crippen molar-refractivity contribution in [2.75, 3.05) is 7.11 Å². The van der Waals surface area contributed by atoms with Gasteiger partial charge < -0.3 is 14.6 Å². The molecule has 0 aliphatic rings. The average Bonchev–Trinajstić information content (AvgIpc) is 3.12. The van der Waals surface area contributed by atoms with Crippen LogP contribution in [0.25, 0.3) is 0 Å². The monoisotopic (exact) mass is 368 g/mol. The van der Waals surface area contributed by atoms with E-state index in [2.05, 4.69) is 20.0 Å². The maximum atomic E-state index is 13.3. The summed E-state index contributed by atoms with van der Waals surface area (Å²) in [4.78, 5) is 32.4. The number of ether oxygens (including phenoxy) is 1. The Labute approximate surface area is 154 Å². The summed E-state index contributed by atoms with van der Waals surface area (Å²) in [6.45, 7) is 0. The molecule has 138 valence electrons. The van der Waals surface area contributed by atoms with Crippen LogP contribution in [0.2, 0.25) is 0 Å². The topological polar surface area (TPSA) is 86.1 Å². The number of aromatic nitrogens is 3. The second kappa shape index (κ2) is 7.77. The number of hydrogen-bond donors (Lipinski definition) is 1. The minimum Gasteiger partial charge on any atom is -0.465 e. The van der Waals surface area contributed by atoms with Gasteiger partial charge in [-0.1, -0.05) is 12.1 Å². The van der Waals surface area contributed by atoms with Gasteiger partial charge >= 0.3 is 5.97 Å². The van der Waals surface area contributed by atoms with Crippen LogP contribution in [0.1, 0.15) is 38.3 Å². The van der Waals surface area contributed by atoms with Crippen LogP contribution in [0.5, 0.6) is 0 Å². The molecule has 0 aliphatic carbocycles. The molecule has 0 radical (unpaired) electrons. The largest absolute Gasteiger partial charge is 0.465 e. The van der Waals surface area contributed by atoms with Crippen molar-refractivity contribution >= 4 is 11.9 Å². The number of carbonyl (C=O) groups is 2. The second-order valence-electron chi connectivity index (χ2n) is 5.78. The number of esters is 1. The van der Waals surface area contributed by atoms with E-state index in [1.54, 1.807) is 36.1 Å². The zero-order valence-electron chi connectivity index (χ0n) is 14.7. The number of halogens is 1. The number of benzene rings is 1. The van der Waals surface area contributed by atoms with Crippen LogP contribution >= 0.6 is 0 Å². The van der Waals surface area contributed by atoms with Gasteiger partial charge in [-0.25, -0.2) is 14.2 Å². The van der Waals surface area contributed by atoms with E-state index in [1.807, 2.05) is 0 Å². The van der Waals surface area contributed by atoms with Crippen LogP contribution in [-0.2, 0) is 11.8 Å². The van der Waals surface area contributed by atoms with Crippen LogP contribution in [-0.4, -0.2) is 33.5 Å². The summed E-state index contributed by atoms with van der Waals surface area (Å²) in [5.41, 5.74) is 1.04. The summed E-state index contributed by atoms with van der Waals surface area (Å²) in [5.74, 6) is -0.778. The van der Waals surface area contributed by atoms with Gasteiger partial charge in [0.15, 0.2) is 0 Å². The van der Waals surface area contributed by atoms with Crippen molar-refractivity contribution in [3.63, 3.8) is 0 Å². The van der Waals surface area contributed by atoms with Gasteiger partial charge in [0, 0.05) is 25.6 Å². The Hall–Kier alpha value is -3.55. The van der Waals surface area contributed by atoms with E-state index < -0.39 is 17.9 Å². The first kappa shape index (κ1) is 18.2. The van der Waals surface area contributed by atoms with Crippen molar-refractivity contribution in [1.29, 1.82) is 0 Å². The Kier molecular flexibility index (Phi) is 5.25. The minimum atomic E-state index is -0.597. The number of pyridine rings is 1. The van der Waals surface area contributed by atoms with E-state index in [1.165, 1.54) is 37.6 Å². The average molecular weight is 368 g/mol. The number of amides is 1. The second-order valence-corrected chi connectivity index (χ2v) is 5.78. The van der Waals surface area contributed by atoms with E-state index in [9.17, 15) is 14.0 Å². The van der Waals surface area contributed by atoms with Crippen LogP contribution in [0.15, 0.2) is 55.0 Å². The third-order valence-corrected chi connectivity index (χ3v) is 4.01. The number of carbonyl (C=O) groups excluding carboxylic acids is 2. The number of rotatable bonds is 5. The van der Waals surface area contributed by atoms with Crippen molar-refractivity contribution in [2.45, 2.75) is 6.04 Å². The molecule has 0 fully saturated rings. The van der Waals surface area contributed by atoms with Gasteiger partial charge in [0.25, 0.3) is 5.91 Å². The van der Waals surface area contributed by atoms with Gasteiger partial charge in [-0.05, 0) is 29.8 Å². The molecule has 1 amide bonds. The first-order valence-electron chi connectivity index (χ1n) is 8.07. The zero-order valence-corrected chi connectivity index (χ0v) is 14.7. The Morgan fingerprint density at radius 3 is 2.44 bits per heavy atom. The van der Waals surface area contributed by atoms with Crippen LogP contribution in [0.4, 0.5) is 4.39 Å². The van der Waals surface area contributed by atoms with E-state index in [-0.39, 0.29) is 17.1 Å². The molecular formula is C19H17FN4O3. The summed E-state index contributed by atoms with van der Waals surface area (Å²) >= 11 is 0. The fourth-order valence-electron chi connectivity index (χ4n) is 2.58. The smallest absolute Gasteiger partial charge is 0.339 e. The number of hydrogen-bond acceptors (Lipinski definition) is 5. The Morgan fingerprint density at radius 1 is 1.15 bits per heavy atom. The number of methoxy groups -OCH3 is 1. The zero-order chi connectivity index (χ0) is 19.4. The summed E-state index contributed by atoms with van der Waals surface area (Å²) in [6, 6.07) is 8.11. The van der Waals surface area contributed by atoms with Gasteiger partial charge in [0.05, 0.1) is 12.7 Å². The highest BCUT2D eigenvalue weighted by molar-refractivity contribution is 5.94. The van der Waals surface area contributed by atoms with E-state index in [0.29, 0.717) is 11.4 Å². The minimum absolute atomic E-state index is 0.129. The van der Waals surface area contributed by atoms with Crippen molar-refractivity contribution in [2.24, 2.45) is 7.05 Å². The lowest BCUT2D eigenvalue weighted by atomic mass is 10.1. The standard InChI is InChI=1S/C19H17FN4O3/c1-24-10-9-21-17(24)16(12-3-6-14(20)7-4-12)23-18(25)15-8-5-13(11-22-15)19(26)27-2/h3-11,16H,1-2H3,(H,23,25). The summed E-state index contributed by atoms with van der Waals surface area (Å²) in [6.07, 6.45) is 4.64. The number of nitrogens with zero attached hydrogens (tertiary/aromatic N) is 3. The van der Waals surface area contributed by atoms with E-state index in [0.717, 1.165) is 0 Å². The molecule has 7 nitrogen and oxygen atoms in total. The highest BCUT2D eigenvalue weighted by Crippen LogP contribution is 2.21. The first-order chi connectivity index (χ1) is 13.0. The van der Waals surface area contributed by atoms with Gasteiger partial charge in [-0.3, -0.25) is 9.78 Å². The fraction of sp³-hybridized carbons (Fsp3) is 0.158. The normalized spacial score (nSPS) is 11.7. The maximum Gasteiger partial charge on any atom is 0.339 e. The van der Waals surface area contributed by atoms with Crippen molar-refractivity contribution in [1.82, 2.24) is 19.9 Å². The molecule has 3 aromatic rings. The number of nitrogens with one attached hydrogen (secondary N) is 1. The van der Waals surface area contributed by atoms with Crippen molar-refractivity contribution in [3.8, 4) is 0 Å². The Morgan fingerprint density at radius 2 is 1.89 bits per heavy atom. The highest BCUT2D eigenvalue weighted by Gasteiger charge is 2.22. The third-order valence-electron chi connectivity index (χ3n) is 4.01. The quantitative estimate of drug-likeness (QED) is 0.698. The molecule has 1 aromatic carbocycles. The van der Waals surface area contributed by atoms with Gasteiger partial charge in [-0.15, -0.1) is 0 Å². The summed E-state index contributed by atoms with van der Waals surface area (Å²) in [5, 5.41) is 2.85. The van der Waals surface area contributed by atoms with Crippen LogP contribution in [0.3, 0.4) is 0 Å². The highest BCUT2D eigenvalue weighted by atomic mass is 19.1. The first-order valence-corrected chi connectivity index (χ1v) is 8.07. The molecule has 8 heteroatoms. The molecule has 0 spiro atoms. The van der Waals surface area contributed by atoms with Crippen molar-refractivity contribution < 1.29 is 18.7 Å². The van der Waals surface area contributed by atoms with E-state index >= 15 is 0 Å². The van der Waals surface area contributed by atoms with Gasteiger partial charge in [0.2, 0.25) is 0 Å². The predicted octanol–water partition coefficient (Wildman–Crippen LogP) is 2.26. The van der Waals surface area contributed by atoms with Gasteiger partial charge in [0.1, 0.15) is 23.4 Å². The summed E-state index contributed by atoms with van der Waals surface area (Å²) in [7, 11) is 3.07. The van der Waals surface area contributed by atoms with Crippen molar-refractivity contribution in [3.05, 3.63) is 83.5 Å². The lowest BCUT2D eigenvalue weighted by molar-refractivity contribution is 0.0599. The molecule has 27 heavy (non-hydrogen) atoms. The fourth-order valence-corrected chi connectivity index (χ4v) is 2.58. The molecule has 0 saturated heterocycles. The molecule has 0 saturated carbocycles. The molecule has 0 bridgehead atoms. The molecule has 1 unspecified atom stereocenters. The maximum absolute atomic E-state index is 13.3. The third kappa shape index (κ3) is 4.00.